The molecule has 0 aliphatic carbocycles. The molecule has 0 aromatic rings. The first-order valence-electron chi connectivity index (χ1n) is 26.9. The SMILES string of the molecule is CCCCCCCCCCCCCCCCCCCCC(=O)OC[C@H](COC(=O)CCCCCCCCC(C)C)OC(=O)CCCCCCCCCCCCCCCCC. The Morgan fingerprint density at radius 3 is 0.817 bits per heavy atom. The van der Waals surface area contributed by atoms with Crippen LogP contribution in [0, 0.1) is 5.92 Å². The molecule has 0 saturated carbocycles. The Balaban J connectivity index is 4.23. The largest absolute Gasteiger partial charge is 0.462 e. The number of hydrogen-bond acceptors (Lipinski definition) is 6. The van der Waals surface area contributed by atoms with E-state index in [9.17, 15) is 14.4 Å². The van der Waals surface area contributed by atoms with Gasteiger partial charge in [-0.1, -0.05) is 265 Å². The summed E-state index contributed by atoms with van der Waals surface area (Å²) in [6, 6.07) is 0. The van der Waals surface area contributed by atoms with E-state index in [-0.39, 0.29) is 31.1 Å². The van der Waals surface area contributed by atoms with E-state index in [1.807, 2.05) is 0 Å². The Bertz CT molecular complexity index is 903. The van der Waals surface area contributed by atoms with Crippen LogP contribution in [0.2, 0.25) is 0 Å². The first kappa shape index (κ1) is 58.4. The molecule has 0 aromatic heterocycles. The summed E-state index contributed by atoms with van der Waals surface area (Å²) in [5, 5.41) is 0. The van der Waals surface area contributed by atoms with E-state index >= 15 is 0 Å². The molecule has 0 aliphatic heterocycles. The highest BCUT2D eigenvalue weighted by Crippen LogP contribution is 2.17. The van der Waals surface area contributed by atoms with E-state index in [4.69, 9.17) is 14.2 Å². The van der Waals surface area contributed by atoms with Crippen LogP contribution >= 0.6 is 0 Å². The lowest BCUT2D eigenvalue weighted by Gasteiger charge is -2.18. The minimum atomic E-state index is -0.761. The smallest absolute Gasteiger partial charge is 0.306 e. The fourth-order valence-corrected chi connectivity index (χ4v) is 8.22. The standard InChI is InChI=1S/C54H104O6/c1-5-7-9-11-13-15-17-19-21-22-23-25-26-28-30-32-37-41-45-52(55)58-48-51(49-59-53(56)46-42-38-35-34-36-40-44-50(3)4)60-54(57)47-43-39-33-31-29-27-24-20-18-16-14-12-10-8-6-2/h50-51H,5-49H2,1-4H3/t51-/m1/s1. The number of ether oxygens (including phenoxy) is 3. The number of rotatable bonds is 49. The molecular weight excluding hydrogens is 745 g/mol. The number of carbonyl (C=O) groups excluding carboxylic acids is 3. The molecule has 0 fully saturated rings. The van der Waals surface area contributed by atoms with Crippen molar-refractivity contribution in [1.82, 2.24) is 0 Å². The second-order valence-electron chi connectivity index (χ2n) is 19.0. The number of carbonyl (C=O) groups is 3. The summed E-state index contributed by atoms with van der Waals surface area (Å²) < 4.78 is 16.8. The van der Waals surface area contributed by atoms with E-state index in [0.29, 0.717) is 19.3 Å². The lowest BCUT2D eigenvalue weighted by molar-refractivity contribution is -0.167. The van der Waals surface area contributed by atoms with Gasteiger partial charge in [0.1, 0.15) is 13.2 Å². The maximum absolute atomic E-state index is 12.8. The maximum Gasteiger partial charge on any atom is 0.306 e. The summed E-state index contributed by atoms with van der Waals surface area (Å²) in [7, 11) is 0. The van der Waals surface area contributed by atoms with Crippen molar-refractivity contribution < 1.29 is 28.6 Å². The monoisotopic (exact) mass is 849 g/mol. The molecule has 0 spiro atoms. The van der Waals surface area contributed by atoms with Gasteiger partial charge in [-0.25, -0.2) is 0 Å². The van der Waals surface area contributed by atoms with Crippen molar-refractivity contribution in [2.75, 3.05) is 13.2 Å². The van der Waals surface area contributed by atoms with Crippen molar-refractivity contribution >= 4 is 17.9 Å². The third-order valence-electron chi connectivity index (χ3n) is 12.3. The predicted molar refractivity (Wildman–Crippen MR) is 257 cm³/mol. The zero-order valence-electron chi connectivity index (χ0n) is 40.9. The summed E-state index contributed by atoms with van der Waals surface area (Å²) in [5.41, 5.74) is 0. The molecule has 60 heavy (non-hydrogen) atoms. The van der Waals surface area contributed by atoms with Crippen molar-refractivity contribution in [3.63, 3.8) is 0 Å². The van der Waals surface area contributed by atoms with Crippen molar-refractivity contribution in [3.05, 3.63) is 0 Å². The second-order valence-corrected chi connectivity index (χ2v) is 19.0. The maximum atomic E-state index is 12.8. The van der Waals surface area contributed by atoms with Crippen LogP contribution in [-0.4, -0.2) is 37.2 Å². The third kappa shape index (κ3) is 47.5. The molecule has 6 nitrogen and oxygen atoms in total. The molecule has 0 aromatic carbocycles. The minimum absolute atomic E-state index is 0.0634. The fraction of sp³-hybridized carbons (Fsp3) is 0.944. The lowest BCUT2D eigenvalue weighted by atomic mass is 10.0. The van der Waals surface area contributed by atoms with E-state index in [1.54, 1.807) is 0 Å². The van der Waals surface area contributed by atoms with Crippen LogP contribution in [-0.2, 0) is 28.6 Å². The Labute approximate surface area is 374 Å². The van der Waals surface area contributed by atoms with Crippen LogP contribution in [0.15, 0.2) is 0 Å². The quantitative estimate of drug-likeness (QED) is 0.0345. The molecule has 1 atom stereocenters. The first-order chi connectivity index (χ1) is 29.4. The topological polar surface area (TPSA) is 78.9 Å². The van der Waals surface area contributed by atoms with Crippen molar-refractivity contribution in [2.24, 2.45) is 5.92 Å². The Kier molecular flexibility index (Phi) is 47.2. The third-order valence-corrected chi connectivity index (χ3v) is 12.3. The summed E-state index contributed by atoms with van der Waals surface area (Å²) in [4.78, 5) is 37.9. The summed E-state index contributed by atoms with van der Waals surface area (Å²) in [6.45, 7) is 8.97. The Hall–Kier alpha value is -1.59. The molecule has 0 N–H and O–H groups in total. The molecular formula is C54H104O6. The van der Waals surface area contributed by atoms with Gasteiger partial charge in [0.15, 0.2) is 6.10 Å². The fourth-order valence-electron chi connectivity index (χ4n) is 8.22. The highest BCUT2D eigenvalue weighted by atomic mass is 16.6. The van der Waals surface area contributed by atoms with Gasteiger partial charge < -0.3 is 14.2 Å². The normalized spacial score (nSPS) is 11.9. The van der Waals surface area contributed by atoms with E-state index in [1.165, 1.54) is 199 Å². The molecule has 356 valence electrons. The van der Waals surface area contributed by atoms with Gasteiger partial charge in [-0.15, -0.1) is 0 Å². The van der Waals surface area contributed by atoms with Gasteiger partial charge >= 0.3 is 17.9 Å². The van der Waals surface area contributed by atoms with Crippen molar-refractivity contribution in [3.8, 4) is 0 Å². The highest BCUT2D eigenvalue weighted by Gasteiger charge is 2.19. The van der Waals surface area contributed by atoms with Gasteiger partial charge in [0.2, 0.25) is 0 Å². The molecule has 0 unspecified atom stereocenters. The van der Waals surface area contributed by atoms with E-state index < -0.39 is 6.10 Å². The van der Waals surface area contributed by atoms with Gasteiger partial charge in [0.25, 0.3) is 0 Å². The molecule has 0 bridgehead atoms. The second kappa shape index (κ2) is 48.4. The molecule has 0 heterocycles. The molecule has 0 amide bonds. The van der Waals surface area contributed by atoms with Gasteiger partial charge in [-0.3, -0.25) is 14.4 Å². The summed E-state index contributed by atoms with van der Waals surface area (Å²) in [5.74, 6) is -0.0837. The van der Waals surface area contributed by atoms with Crippen molar-refractivity contribution in [1.29, 1.82) is 0 Å². The molecule has 6 heteroatoms. The van der Waals surface area contributed by atoms with E-state index in [2.05, 4.69) is 27.7 Å². The van der Waals surface area contributed by atoms with Gasteiger partial charge in [0, 0.05) is 19.3 Å². The van der Waals surface area contributed by atoms with Gasteiger partial charge in [0.05, 0.1) is 0 Å². The molecule has 0 saturated heterocycles. The average Bonchev–Trinajstić information content (AvgIpc) is 3.23. The number of unbranched alkanes of at least 4 members (excludes halogenated alkanes) is 36. The number of hydrogen-bond donors (Lipinski definition) is 0. The van der Waals surface area contributed by atoms with Crippen LogP contribution in [0.25, 0.3) is 0 Å². The Morgan fingerprint density at radius 1 is 0.317 bits per heavy atom. The lowest BCUT2D eigenvalue weighted by Crippen LogP contribution is -2.30. The van der Waals surface area contributed by atoms with Gasteiger partial charge in [-0.05, 0) is 25.2 Å². The molecule has 0 aliphatic rings. The minimum Gasteiger partial charge on any atom is -0.462 e. The highest BCUT2D eigenvalue weighted by molar-refractivity contribution is 5.71. The Morgan fingerprint density at radius 2 is 0.550 bits per heavy atom. The average molecular weight is 849 g/mol. The van der Waals surface area contributed by atoms with Gasteiger partial charge in [-0.2, -0.15) is 0 Å². The van der Waals surface area contributed by atoms with Crippen LogP contribution in [0.5, 0.6) is 0 Å². The predicted octanol–water partition coefficient (Wildman–Crippen LogP) is 17.5. The van der Waals surface area contributed by atoms with Crippen LogP contribution < -0.4 is 0 Å². The summed E-state index contributed by atoms with van der Waals surface area (Å²) >= 11 is 0. The zero-order valence-corrected chi connectivity index (χ0v) is 40.9. The summed E-state index contributed by atoms with van der Waals surface area (Å²) in [6.07, 6.45) is 51.1. The van der Waals surface area contributed by atoms with E-state index in [0.717, 1.165) is 63.7 Å². The first-order valence-corrected chi connectivity index (χ1v) is 26.9. The zero-order chi connectivity index (χ0) is 43.8. The molecule has 0 rings (SSSR count). The van der Waals surface area contributed by atoms with Crippen LogP contribution in [0.1, 0.15) is 304 Å². The molecule has 0 radical (unpaired) electrons. The van der Waals surface area contributed by atoms with Crippen LogP contribution in [0.3, 0.4) is 0 Å². The van der Waals surface area contributed by atoms with Crippen LogP contribution in [0.4, 0.5) is 0 Å². The number of esters is 3. The van der Waals surface area contributed by atoms with Crippen molar-refractivity contribution in [2.45, 2.75) is 310 Å².